The van der Waals surface area contributed by atoms with E-state index in [0.29, 0.717) is 13.2 Å². The Kier molecular flexibility index (Phi) is 8.56. The van der Waals surface area contributed by atoms with Crippen LogP contribution in [0.2, 0.25) is 0 Å². The molecular formula is C23H31NO2. The molecule has 0 spiro atoms. The predicted molar refractivity (Wildman–Crippen MR) is 110 cm³/mol. The molecule has 0 aliphatic rings. The maximum Gasteiger partial charge on any atom is 0.110 e. The molecular weight excluding hydrogens is 322 g/mol. The molecule has 2 atom stereocenters. The molecule has 0 saturated heterocycles. The Hall–Kier alpha value is -1.94. The molecule has 2 aromatic rings. The van der Waals surface area contributed by atoms with E-state index < -0.39 is 0 Å². The summed E-state index contributed by atoms with van der Waals surface area (Å²) in [5.41, 5.74) is 3.66. The Morgan fingerprint density at radius 1 is 0.846 bits per heavy atom. The van der Waals surface area contributed by atoms with E-state index in [2.05, 4.69) is 73.4 Å². The summed E-state index contributed by atoms with van der Waals surface area (Å²) in [6, 6.07) is 21.0. The van der Waals surface area contributed by atoms with E-state index in [0.717, 1.165) is 6.54 Å². The van der Waals surface area contributed by atoms with Crippen molar-refractivity contribution in [3.8, 4) is 0 Å². The SMILES string of the molecule is CCOC(C)N(C/C(=C/c1ccccc1)c1ccccc1)C(C)OCC. The van der Waals surface area contributed by atoms with Crippen molar-refractivity contribution in [2.45, 2.75) is 40.2 Å². The molecule has 0 saturated carbocycles. The van der Waals surface area contributed by atoms with E-state index in [1.165, 1.54) is 16.7 Å². The molecule has 0 fully saturated rings. The molecule has 0 amide bonds. The van der Waals surface area contributed by atoms with Gasteiger partial charge < -0.3 is 9.47 Å². The summed E-state index contributed by atoms with van der Waals surface area (Å²) in [6.45, 7) is 10.3. The minimum absolute atomic E-state index is 0.0237. The third-order valence-electron chi connectivity index (χ3n) is 4.39. The van der Waals surface area contributed by atoms with Crippen LogP contribution in [0.25, 0.3) is 11.6 Å². The average molecular weight is 354 g/mol. The topological polar surface area (TPSA) is 21.7 Å². The standard InChI is InChI=1S/C23H31NO2/c1-5-25-19(3)24(20(4)26-6-2)18-23(22-15-11-8-12-16-22)17-21-13-9-7-10-14-21/h7-17,19-20H,5-6,18H2,1-4H3/b23-17-. The van der Waals surface area contributed by atoms with Gasteiger partial charge in [0.25, 0.3) is 0 Å². The monoisotopic (exact) mass is 353 g/mol. The van der Waals surface area contributed by atoms with Crippen molar-refractivity contribution >= 4 is 11.6 Å². The molecule has 0 radical (unpaired) electrons. The van der Waals surface area contributed by atoms with Gasteiger partial charge in [-0.25, -0.2) is 4.90 Å². The molecule has 3 nitrogen and oxygen atoms in total. The molecule has 3 heteroatoms. The second-order valence-electron chi connectivity index (χ2n) is 6.23. The van der Waals surface area contributed by atoms with Gasteiger partial charge in [0.05, 0.1) is 0 Å². The first-order valence-corrected chi connectivity index (χ1v) is 9.45. The lowest BCUT2D eigenvalue weighted by Gasteiger charge is -2.34. The van der Waals surface area contributed by atoms with Gasteiger partial charge in [-0.3, -0.25) is 0 Å². The van der Waals surface area contributed by atoms with Gasteiger partial charge in [0.15, 0.2) is 0 Å². The fourth-order valence-electron chi connectivity index (χ4n) is 3.05. The van der Waals surface area contributed by atoms with Crippen molar-refractivity contribution in [1.82, 2.24) is 4.90 Å². The molecule has 0 aliphatic heterocycles. The maximum absolute atomic E-state index is 5.88. The zero-order valence-electron chi connectivity index (χ0n) is 16.4. The van der Waals surface area contributed by atoms with Gasteiger partial charge in [-0.2, -0.15) is 0 Å². The Morgan fingerprint density at radius 2 is 1.35 bits per heavy atom. The van der Waals surface area contributed by atoms with Crippen LogP contribution in [0.3, 0.4) is 0 Å². The van der Waals surface area contributed by atoms with Crippen LogP contribution in [0.5, 0.6) is 0 Å². The van der Waals surface area contributed by atoms with E-state index >= 15 is 0 Å². The number of hydrogen-bond acceptors (Lipinski definition) is 3. The molecule has 26 heavy (non-hydrogen) atoms. The Morgan fingerprint density at radius 3 is 1.85 bits per heavy atom. The van der Waals surface area contributed by atoms with Crippen LogP contribution in [0, 0.1) is 0 Å². The summed E-state index contributed by atoms with van der Waals surface area (Å²) >= 11 is 0. The summed E-state index contributed by atoms with van der Waals surface area (Å²) < 4.78 is 11.8. The van der Waals surface area contributed by atoms with Gasteiger partial charge >= 0.3 is 0 Å². The highest BCUT2D eigenvalue weighted by Gasteiger charge is 2.22. The zero-order valence-corrected chi connectivity index (χ0v) is 16.4. The van der Waals surface area contributed by atoms with Gasteiger partial charge in [-0.05, 0) is 50.5 Å². The van der Waals surface area contributed by atoms with Gasteiger partial charge in [-0.15, -0.1) is 0 Å². The van der Waals surface area contributed by atoms with Crippen LogP contribution in [0.15, 0.2) is 60.7 Å². The van der Waals surface area contributed by atoms with Crippen molar-refractivity contribution in [2.75, 3.05) is 19.8 Å². The number of benzene rings is 2. The van der Waals surface area contributed by atoms with Gasteiger partial charge in [0.1, 0.15) is 12.5 Å². The van der Waals surface area contributed by atoms with Crippen molar-refractivity contribution in [2.24, 2.45) is 0 Å². The van der Waals surface area contributed by atoms with Crippen LogP contribution in [-0.4, -0.2) is 37.1 Å². The summed E-state index contributed by atoms with van der Waals surface area (Å²) in [5, 5.41) is 0. The molecule has 0 aromatic heterocycles. The minimum atomic E-state index is -0.0237. The third kappa shape index (κ3) is 6.10. The van der Waals surface area contributed by atoms with E-state index in [9.17, 15) is 0 Å². The molecule has 2 aromatic carbocycles. The summed E-state index contributed by atoms with van der Waals surface area (Å²) in [5.74, 6) is 0. The Labute approximate surface area is 158 Å². The highest BCUT2D eigenvalue weighted by atomic mass is 16.5. The second-order valence-corrected chi connectivity index (χ2v) is 6.23. The Bertz CT molecular complexity index is 642. The normalized spacial score (nSPS) is 14.4. The van der Waals surface area contributed by atoms with Crippen molar-refractivity contribution in [1.29, 1.82) is 0 Å². The first kappa shape index (κ1) is 20.4. The fourth-order valence-corrected chi connectivity index (χ4v) is 3.05. The van der Waals surface area contributed by atoms with E-state index in [4.69, 9.17) is 9.47 Å². The van der Waals surface area contributed by atoms with E-state index in [-0.39, 0.29) is 12.5 Å². The first-order chi connectivity index (χ1) is 12.7. The summed E-state index contributed by atoms with van der Waals surface area (Å²) in [6.07, 6.45) is 2.20. The van der Waals surface area contributed by atoms with Crippen LogP contribution >= 0.6 is 0 Å². The van der Waals surface area contributed by atoms with Gasteiger partial charge in [0, 0.05) is 19.8 Å². The summed E-state index contributed by atoms with van der Waals surface area (Å²) in [7, 11) is 0. The summed E-state index contributed by atoms with van der Waals surface area (Å²) in [4.78, 5) is 2.26. The number of rotatable bonds is 10. The fraction of sp³-hybridized carbons (Fsp3) is 0.391. The molecule has 0 N–H and O–H groups in total. The van der Waals surface area contributed by atoms with Gasteiger partial charge in [0.2, 0.25) is 0 Å². The molecule has 0 heterocycles. The predicted octanol–water partition coefficient (Wildman–Crippen LogP) is 5.29. The highest BCUT2D eigenvalue weighted by Crippen LogP contribution is 2.22. The average Bonchev–Trinajstić information content (AvgIpc) is 2.67. The van der Waals surface area contributed by atoms with Crippen LogP contribution in [0.1, 0.15) is 38.8 Å². The number of hydrogen-bond donors (Lipinski definition) is 0. The molecule has 2 unspecified atom stereocenters. The molecule has 0 bridgehead atoms. The van der Waals surface area contributed by atoms with Gasteiger partial charge in [-0.1, -0.05) is 60.7 Å². The van der Waals surface area contributed by atoms with Crippen LogP contribution < -0.4 is 0 Å². The largest absolute Gasteiger partial charge is 0.364 e. The zero-order chi connectivity index (χ0) is 18.8. The first-order valence-electron chi connectivity index (χ1n) is 9.45. The second kappa shape index (κ2) is 10.9. The Balaban J connectivity index is 2.35. The minimum Gasteiger partial charge on any atom is -0.364 e. The van der Waals surface area contributed by atoms with Crippen molar-refractivity contribution < 1.29 is 9.47 Å². The van der Waals surface area contributed by atoms with E-state index in [1.54, 1.807) is 0 Å². The number of nitrogens with zero attached hydrogens (tertiary/aromatic N) is 1. The van der Waals surface area contributed by atoms with E-state index in [1.807, 2.05) is 26.0 Å². The quantitative estimate of drug-likeness (QED) is 0.428. The highest BCUT2D eigenvalue weighted by molar-refractivity contribution is 5.82. The molecule has 2 rings (SSSR count). The van der Waals surface area contributed by atoms with Crippen LogP contribution in [-0.2, 0) is 9.47 Å². The van der Waals surface area contributed by atoms with Crippen molar-refractivity contribution in [3.63, 3.8) is 0 Å². The third-order valence-corrected chi connectivity index (χ3v) is 4.39. The smallest absolute Gasteiger partial charge is 0.110 e. The maximum atomic E-state index is 5.88. The molecule has 0 aliphatic carbocycles. The van der Waals surface area contributed by atoms with Crippen molar-refractivity contribution in [3.05, 3.63) is 71.8 Å². The van der Waals surface area contributed by atoms with Crippen LogP contribution in [0.4, 0.5) is 0 Å². The molecule has 140 valence electrons. The lowest BCUT2D eigenvalue weighted by Crippen LogP contribution is -2.44. The number of ether oxygens (including phenoxy) is 2. The lowest BCUT2D eigenvalue weighted by atomic mass is 10.0. The lowest BCUT2D eigenvalue weighted by molar-refractivity contribution is -0.130.